The first-order valence-electron chi connectivity index (χ1n) is 6.23. The van der Waals surface area contributed by atoms with E-state index < -0.39 is 0 Å². The number of rotatable bonds is 0. The lowest BCUT2D eigenvalue weighted by Gasteiger charge is -2.18. The molecule has 98 valence electrons. The highest BCUT2D eigenvalue weighted by molar-refractivity contribution is 6.14. The van der Waals surface area contributed by atoms with Crippen LogP contribution in [0.3, 0.4) is 0 Å². The average molecular weight is 254 g/mol. The molecule has 0 saturated carbocycles. The summed E-state index contributed by atoms with van der Waals surface area (Å²) in [7, 11) is 0. The normalized spacial score (nSPS) is 19.8. The molecule has 0 unspecified atom stereocenters. The minimum atomic E-state index is 0.596. The Bertz CT molecular complexity index is 590. The third-order valence-corrected chi connectivity index (χ3v) is 3.46. The Hall–Kier alpha value is -2.16. The smallest absolute Gasteiger partial charge is 0.108 e. The largest absolute Gasteiger partial charge is 0.410 e. The van der Waals surface area contributed by atoms with Crippen LogP contribution in [0.15, 0.2) is 62.9 Å². The fraction of sp³-hybridized carbons (Fsp3) is 0.250. The van der Waals surface area contributed by atoms with Crippen LogP contribution in [0.25, 0.3) is 0 Å². The van der Waals surface area contributed by atoms with Crippen LogP contribution < -0.4 is 0 Å². The molecule has 2 rings (SSSR count). The molecule has 0 bridgehead atoms. The van der Waals surface area contributed by atoms with Crippen LogP contribution >= 0.6 is 0 Å². The first kappa shape index (κ1) is 13.3. The lowest BCUT2D eigenvalue weighted by Crippen LogP contribution is -2.10. The number of allylic oxidation sites excluding steroid dienone is 10. The predicted molar refractivity (Wildman–Crippen MR) is 79.0 cm³/mol. The third kappa shape index (κ3) is 2.36. The molecule has 0 atom stereocenters. The summed E-state index contributed by atoms with van der Waals surface area (Å²) in [6, 6.07) is 0. The molecule has 3 nitrogen and oxygen atoms in total. The Labute approximate surface area is 113 Å². The first-order chi connectivity index (χ1) is 8.93. The molecule has 0 spiro atoms. The molecule has 0 aromatic rings. The highest BCUT2D eigenvalue weighted by Crippen LogP contribution is 2.27. The average Bonchev–Trinajstić information content (AvgIpc) is 2.35. The molecular formula is C16H18N2O. The molecule has 3 heteroatoms. The van der Waals surface area contributed by atoms with Gasteiger partial charge in [-0.25, -0.2) is 0 Å². The third-order valence-electron chi connectivity index (χ3n) is 3.46. The summed E-state index contributed by atoms with van der Waals surface area (Å²) in [6.45, 7) is 7.78. The zero-order valence-corrected chi connectivity index (χ0v) is 11.7. The zero-order chi connectivity index (χ0) is 14.2. The SMILES string of the molecule is CC1=CC(=C2C=C(C)C(=NO)C(C)=C2)C=C(C)C1=N. The van der Waals surface area contributed by atoms with Gasteiger partial charge in [-0.15, -0.1) is 0 Å². The van der Waals surface area contributed by atoms with Gasteiger partial charge in [-0.05, 0) is 85.4 Å². The second-order valence-electron chi connectivity index (χ2n) is 5.04. The van der Waals surface area contributed by atoms with Crippen LogP contribution in [0, 0.1) is 5.41 Å². The molecule has 2 N–H and O–H groups in total. The molecule has 2 aliphatic carbocycles. The van der Waals surface area contributed by atoms with Crippen molar-refractivity contribution in [2.45, 2.75) is 27.7 Å². The van der Waals surface area contributed by atoms with E-state index >= 15 is 0 Å². The second kappa shape index (κ2) is 4.84. The number of nitrogens with zero attached hydrogens (tertiary/aromatic N) is 1. The monoisotopic (exact) mass is 254 g/mol. The van der Waals surface area contributed by atoms with Gasteiger partial charge in [0.1, 0.15) is 5.71 Å². The maximum atomic E-state index is 8.99. The van der Waals surface area contributed by atoms with Gasteiger partial charge in [-0.1, -0.05) is 5.16 Å². The van der Waals surface area contributed by atoms with Gasteiger partial charge in [-0.3, -0.25) is 0 Å². The summed E-state index contributed by atoms with van der Waals surface area (Å²) < 4.78 is 0. The minimum Gasteiger partial charge on any atom is -0.410 e. The van der Waals surface area contributed by atoms with E-state index in [1.54, 1.807) is 0 Å². The summed E-state index contributed by atoms with van der Waals surface area (Å²) in [5.74, 6) is 0. The van der Waals surface area contributed by atoms with Crippen LogP contribution in [-0.4, -0.2) is 16.6 Å². The van der Waals surface area contributed by atoms with E-state index in [2.05, 4.69) is 5.16 Å². The van der Waals surface area contributed by atoms with Gasteiger partial charge in [0.05, 0.1) is 5.71 Å². The number of hydrogen-bond acceptors (Lipinski definition) is 3. The van der Waals surface area contributed by atoms with Crippen LogP contribution in [0.1, 0.15) is 27.7 Å². The highest BCUT2D eigenvalue weighted by Gasteiger charge is 2.16. The Morgan fingerprint density at radius 3 is 1.53 bits per heavy atom. The van der Waals surface area contributed by atoms with Crippen molar-refractivity contribution in [2.75, 3.05) is 0 Å². The van der Waals surface area contributed by atoms with Gasteiger partial charge in [-0.2, -0.15) is 0 Å². The molecule has 19 heavy (non-hydrogen) atoms. The molecule has 0 heterocycles. The van der Waals surface area contributed by atoms with Crippen LogP contribution in [0.5, 0.6) is 0 Å². The second-order valence-corrected chi connectivity index (χ2v) is 5.04. The topological polar surface area (TPSA) is 56.4 Å². The Balaban J connectivity index is 2.57. The van der Waals surface area contributed by atoms with E-state index in [-0.39, 0.29) is 0 Å². The summed E-state index contributed by atoms with van der Waals surface area (Å²) >= 11 is 0. The standard InChI is InChI=1S/C16H18N2O/c1-9-5-13(6-10(2)15(9)17)14-7-11(3)16(18-19)12(4)8-14/h5-8,17,19H,1-4H3. The van der Waals surface area contributed by atoms with E-state index in [1.165, 1.54) is 0 Å². The van der Waals surface area contributed by atoms with Gasteiger partial charge < -0.3 is 10.6 Å². The maximum absolute atomic E-state index is 8.99. The van der Waals surface area contributed by atoms with Crippen molar-refractivity contribution in [2.24, 2.45) is 5.16 Å². The number of nitrogens with one attached hydrogen (secondary N) is 1. The van der Waals surface area contributed by atoms with Crippen molar-refractivity contribution in [3.63, 3.8) is 0 Å². The molecule has 2 aliphatic rings. The summed E-state index contributed by atoms with van der Waals surface area (Å²) in [4.78, 5) is 0. The van der Waals surface area contributed by atoms with Gasteiger partial charge in [0.25, 0.3) is 0 Å². The number of hydrogen-bond donors (Lipinski definition) is 2. The van der Waals surface area contributed by atoms with E-state index in [9.17, 15) is 0 Å². The molecule has 0 aromatic carbocycles. The molecule has 0 fully saturated rings. The fourth-order valence-electron chi connectivity index (χ4n) is 2.41. The lowest BCUT2D eigenvalue weighted by molar-refractivity contribution is 0.319. The van der Waals surface area contributed by atoms with Gasteiger partial charge >= 0.3 is 0 Å². The Morgan fingerprint density at radius 1 is 0.789 bits per heavy atom. The Kier molecular flexibility index (Phi) is 3.38. The van der Waals surface area contributed by atoms with E-state index in [4.69, 9.17) is 10.6 Å². The maximum Gasteiger partial charge on any atom is 0.108 e. The van der Waals surface area contributed by atoms with Crippen molar-refractivity contribution in [3.8, 4) is 0 Å². The van der Waals surface area contributed by atoms with Crippen LogP contribution in [-0.2, 0) is 0 Å². The van der Waals surface area contributed by atoms with Crippen molar-refractivity contribution < 1.29 is 5.21 Å². The molecule has 0 amide bonds. The molecule has 0 aromatic heterocycles. The van der Waals surface area contributed by atoms with Crippen molar-refractivity contribution in [1.29, 1.82) is 5.41 Å². The predicted octanol–water partition coefficient (Wildman–Crippen LogP) is 3.95. The summed E-state index contributed by atoms with van der Waals surface area (Å²) in [5.41, 5.74) is 7.26. The van der Waals surface area contributed by atoms with Gasteiger partial charge in [0.2, 0.25) is 0 Å². The van der Waals surface area contributed by atoms with Gasteiger partial charge in [0, 0.05) is 0 Å². The van der Waals surface area contributed by atoms with E-state index in [0.29, 0.717) is 11.4 Å². The highest BCUT2D eigenvalue weighted by atomic mass is 16.4. The minimum absolute atomic E-state index is 0.596. The molecule has 0 aliphatic heterocycles. The van der Waals surface area contributed by atoms with Crippen LogP contribution in [0.2, 0.25) is 0 Å². The summed E-state index contributed by atoms with van der Waals surface area (Å²) in [6.07, 6.45) is 8.08. The molecular weight excluding hydrogens is 236 g/mol. The van der Waals surface area contributed by atoms with E-state index in [1.807, 2.05) is 52.0 Å². The lowest BCUT2D eigenvalue weighted by atomic mass is 9.87. The van der Waals surface area contributed by atoms with E-state index in [0.717, 1.165) is 33.4 Å². The fourth-order valence-corrected chi connectivity index (χ4v) is 2.41. The van der Waals surface area contributed by atoms with Crippen molar-refractivity contribution in [1.82, 2.24) is 0 Å². The van der Waals surface area contributed by atoms with Crippen molar-refractivity contribution in [3.05, 3.63) is 57.7 Å². The van der Waals surface area contributed by atoms with Crippen molar-refractivity contribution >= 4 is 11.4 Å². The van der Waals surface area contributed by atoms with Gasteiger partial charge in [0.15, 0.2) is 0 Å². The Morgan fingerprint density at radius 2 is 1.16 bits per heavy atom. The quantitative estimate of drug-likeness (QED) is 0.499. The molecule has 0 saturated heterocycles. The first-order valence-corrected chi connectivity index (χ1v) is 6.23. The summed E-state index contributed by atoms with van der Waals surface area (Å²) in [5, 5.41) is 20.2. The molecule has 0 radical (unpaired) electrons. The zero-order valence-electron chi connectivity index (χ0n) is 11.7. The number of oxime groups is 1. The van der Waals surface area contributed by atoms with Crippen LogP contribution in [0.4, 0.5) is 0 Å².